The molecule has 0 spiro atoms. The molecule has 4 heteroatoms. The molecule has 0 saturated heterocycles. The van der Waals surface area contributed by atoms with Gasteiger partial charge in [-0.25, -0.2) is 0 Å². The van der Waals surface area contributed by atoms with Crippen molar-refractivity contribution in [3.8, 4) is 11.1 Å². The summed E-state index contributed by atoms with van der Waals surface area (Å²) in [6.45, 7) is 0. The van der Waals surface area contributed by atoms with Crippen LogP contribution in [0.3, 0.4) is 0 Å². The molecule has 4 rings (SSSR count). The zero-order valence-electron chi connectivity index (χ0n) is 17.8. The Hall–Kier alpha value is -3.28. The summed E-state index contributed by atoms with van der Waals surface area (Å²) in [5.74, 6) is 0. The van der Waals surface area contributed by atoms with Crippen molar-refractivity contribution in [2.24, 2.45) is 11.5 Å². The van der Waals surface area contributed by atoms with Crippen LogP contribution < -0.4 is 11.5 Å². The van der Waals surface area contributed by atoms with Crippen LogP contribution >= 0.6 is 0 Å². The van der Waals surface area contributed by atoms with Crippen molar-refractivity contribution >= 4 is 0 Å². The van der Waals surface area contributed by atoms with Crippen molar-refractivity contribution in [2.75, 3.05) is 0 Å². The normalized spacial score (nSPS) is 15.0. The highest BCUT2D eigenvalue weighted by Crippen LogP contribution is 2.32. The van der Waals surface area contributed by atoms with Gasteiger partial charge in [-0.15, -0.1) is 0 Å². The SMILES string of the molecule is N[C@H](c1cccc(-c2cccc([C@@H](O)[C@@H](N)c3ccccc3)c2)c1)[C@@H](O)c1ccccc1. The Balaban J connectivity index is 1.58. The first-order valence-electron chi connectivity index (χ1n) is 10.7. The second kappa shape index (κ2) is 9.90. The summed E-state index contributed by atoms with van der Waals surface area (Å²) in [4.78, 5) is 0. The maximum atomic E-state index is 10.9. The van der Waals surface area contributed by atoms with E-state index in [2.05, 4.69) is 0 Å². The van der Waals surface area contributed by atoms with Crippen molar-refractivity contribution in [1.82, 2.24) is 0 Å². The van der Waals surface area contributed by atoms with Gasteiger partial charge in [-0.1, -0.05) is 97.1 Å². The van der Waals surface area contributed by atoms with Gasteiger partial charge < -0.3 is 21.7 Å². The summed E-state index contributed by atoms with van der Waals surface area (Å²) in [6, 6.07) is 33.5. The van der Waals surface area contributed by atoms with Crippen molar-refractivity contribution in [1.29, 1.82) is 0 Å². The van der Waals surface area contributed by atoms with E-state index in [1.54, 1.807) is 0 Å². The smallest absolute Gasteiger partial charge is 0.0982 e. The van der Waals surface area contributed by atoms with Gasteiger partial charge in [0.1, 0.15) is 0 Å². The van der Waals surface area contributed by atoms with Gasteiger partial charge in [0.25, 0.3) is 0 Å². The molecular weight excluding hydrogens is 396 g/mol. The van der Waals surface area contributed by atoms with Crippen LogP contribution in [0.25, 0.3) is 11.1 Å². The molecule has 32 heavy (non-hydrogen) atoms. The summed E-state index contributed by atoms with van der Waals surface area (Å²) < 4.78 is 0. The lowest BCUT2D eigenvalue weighted by molar-refractivity contribution is 0.147. The fraction of sp³-hybridized carbons (Fsp3) is 0.143. The quantitative estimate of drug-likeness (QED) is 0.342. The van der Waals surface area contributed by atoms with Crippen molar-refractivity contribution < 1.29 is 10.2 Å². The Morgan fingerprint density at radius 1 is 0.438 bits per heavy atom. The molecule has 4 aromatic carbocycles. The molecule has 0 fully saturated rings. The molecule has 0 aliphatic carbocycles. The van der Waals surface area contributed by atoms with E-state index in [1.807, 2.05) is 109 Å². The van der Waals surface area contributed by atoms with Crippen LogP contribution in [0.1, 0.15) is 46.5 Å². The van der Waals surface area contributed by atoms with E-state index in [0.29, 0.717) is 0 Å². The Labute approximate surface area is 188 Å². The lowest BCUT2D eigenvalue weighted by Gasteiger charge is -2.21. The first-order chi connectivity index (χ1) is 15.5. The molecule has 0 aliphatic rings. The fourth-order valence-electron chi connectivity index (χ4n) is 3.93. The molecule has 162 valence electrons. The van der Waals surface area contributed by atoms with E-state index >= 15 is 0 Å². The van der Waals surface area contributed by atoms with Gasteiger partial charge in [-0.05, 0) is 45.5 Å². The average Bonchev–Trinajstić information content (AvgIpc) is 2.88. The monoisotopic (exact) mass is 424 g/mol. The minimum absolute atomic E-state index is 0.521. The van der Waals surface area contributed by atoms with E-state index in [9.17, 15) is 10.2 Å². The predicted molar refractivity (Wildman–Crippen MR) is 129 cm³/mol. The summed E-state index contributed by atoms with van der Waals surface area (Å²) >= 11 is 0. The third-order valence-electron chi connectivity index (χ3n) is 5.84. The van der Waals surface area contributed by atoms with Gasteiger partial charge >= 0.3 is 0 Å². The number of benzene rings is 4. The molecular formula is C28H28N2O2. The summed E-state index contributed by atoms with van der Waals surface area (Å²) in [5.41, 5.74) is 17.9. The van der Waals surface area contributed by atoms with Crippen molar-refractivity contribution in [3.63, 3.8) is 0 Å². The van der Waals surface area contributed by atoms with Crippen LogP contribution in [0.4, 0.5) is 0 Å². The van der Waals surface area contributed by atoms with Crippen LogP contribution in [0.2, 0.25) is 0 Å². The van der Waals surface area contributed by atoms with E-state index in [0.717, 1.165) is 33.4 Å². The van der Waals surface area contributed by atoms with Gasteiger partial charge in [0.15, 0.2) is 0 Å². The maximum Gasteiger partial charge on any atom is 0.0982 e. The second-order valence-corrected chi connectivity index (χ2v) is 8.01. The third kappa shape index (κ3) is 4.79. The van der Waals surface area contributed by atoms with Gasteiger partial charge in [-0.2, -0.15) is 0 Å². The standard InChI is InChI=1S/C28H28N2O2/c29-25(19-9-3-1-4-10-19)28(32)24-16-8-14-22(18-24)21-13-7-15-23(17-21)26(30)27(31)20-11-5-2-6-12-20/h1-18,25-28,31-32H,29-30H2/t25-,26+,27-,28+/m0/s1. The molecule has 0 radical (unpaired) electrons. The van der Waals surface area contributed by atoms with Crippen molar-refractivity contribution in [2.45, 2.75) is 24.3 Å². The fourth-order valence-corrected chi connectivity index (χ4v) is 3.93. The van der Waals surface area contributed by atoms with E-state index < -0.39 is 24.3 Å². The minimum atomic E-state index is -0.831. The zero-order chi connectivity index (χ0) is 22.5. The van der Waals surface area contributed by atoms with Crippen LogP contribution in [-0.4, -0.2) is 10.2 Å². The largest absolute Gasteiger partial charge is 0.386 e. The first kappa shape index (κ1) is 21.9. The van der Waals surface area contributed by atoms with E-state index in [1.165, 1.54) is 0 Å². The molecule has 0 unspecified atom stereocenters. The second-order valence-electron chi connectivity index (χ2n) is 8.01. The summed E-state index contributed by atoms with van der Waals surface area (Å²) in [7, 11) is 0. The summed E-state index contributed by atoms with van der Waals surface area (Å²) in [5, 5.41) is 21.6. The Morgan fingerprint density at radius 2 is 0.844 bits per heavy atom. The lowest BCUT2D eigenvalue weighted by Crippen LogP contribution is -2.19. The van der Waals surface area contributed by atoms with Crippen LogP contribution in [0.15, 0.2) is 109 Å². The van der Waals surface area contributed by atoms with Crippen LogP contribution in [-0.2, 0) is 0 Å². The molecule has 0 aromatic heterocycles. The van der Waals surface area contributed by atoms with Gasteiger partial charge in [0.05, 0.1) is 24.3 Å². The predicted octanol–water partition coefficient (Wildman–Crippen LogP) is 4.82. The lowest BCUT2D eigenvalue weighted by atomic mass is 9.92. The Morgan fingerprint density at radius 3 is 1.44 bits per heavy atom. The highest BCUT2D eigenvalue weighted by atomic mass is 16.3. The molecule has 0 heterocycles. The molecule has 0 bridgehead atoms. The Kier molecular flexibility index (Phi) is 6.78. The van der Waals surface area contributed by atoms with Crippen LogP contribution in [0, 0.1) is 0 Å². The first-order valence-corrected chi connectivity index (χ1v) is 10.7. The number of aliphatic hydroxyl groups excluding tert-OH is 2. The van der Waals surface area contributed by atoms with E-state index in [-0.39, 0.29) is 0 Å². The zero-order valence-corrected chi connectivity index (χ0v) is 17.8. The number of hydrogen-bond acceptors (Lipinski definition) is 4. The average molecular weight is 425 g/mol. The molecule has 0 aliphatic heterocycles. The number of nitrogens with two attached hydrogens (primary N) is 2. The van der Waals surface area contributed by atoms with Gasteiger partial charge in [0.2, 0.25) is 0 Å². The van der Waals surface area contributed by atoms with Crippen molar-refractivity contribution in [3.05, 3.63) is 131 Å². The third-order valence-corrected chi connectivity index (χ3v) is 5.84. The highest BCUT2D eigenvalue weighted by Gasteiger charge is 2.21. The highest BCUT2D eigenvalue weighted by molar-refractivity contribution is 5.65. The molecule has 4 aromatic rings. The topological polar surface area (TPSA) is 92.5 Å². The maximum absolute atomic E-state index is 10.9. The molecule has 0 saturated carbocycles. The summed E-state index contributed by atoms with van der Waals surface area (Å²) in [6.07, 6.45) is -1.63. The number of hydrogen-bond donors (Lipinski definition) is 4. The number of rotatable bonds is 7. The molecule has 6 N–H and O–H groups in total. The Bertz CT molecular complexity index is 1060. The minimum Gasteiger partial charge on any atom is -0.386 e. The molecule has 4 atom stereocenters. The van der Waals surface area contributed by atoms with E-state index in [4.69, 9.17) is 11.5 Å². The molecule has 4 nitrogen and oxygen atoms in total. The van der Waals surface area contributed by atoms with Crippen LogP contribution in [0.5, 0.6) is 0 Å². The van der Waals surface area contributed by atoms with Gasteiger partial charge in [-0.3, -0.25) is 0 Å². The molecule has 0 amide bonds. The van der Waals surface area contributed by atoms with Gasteiger partial charge in [0, 0.05) is 0 Å². The number of aliphatic hydroxyl groups is 2.